The Labute approximate surface area is 243 Å². The lowest BCUT2D eigenvalue weighted by molar-refractivity contribution is -0.141. The smallest absolute Gasteiger partial charge is 0.352 e. The number of aryl methyl sites for hydroxylation is 1. The van der Waals surface area contributed by atoms with E-state index in [0.29, 0.717) is 24.2 Å². The van der Waals surface area contributed by atoms with Gasteiger partial charge in [-0.3, -0.25) is 9.59 Å². The molecule has 0 saturated heterocycles. The monoisotopic (exact) mass is 599 g/mol. The Bertz CT molecular complexity index is 1640. The van der Waals surface area contributed by atoms with E-state index in [2.05, 4.69) is 37.6 Å². The summed E-state index contributed by atoms with van der Waals surface area (Å²) < 4.78 is 41.1. The van der Waals surface area contributed by atoms with Gasteiger partial charge in [-0.25, -0.2) is 14.4 Å². The molecular weight excluding hydrogens is 575 g/mol. The number of hydrogen-bond acceptors (Lipinski definition) is 7. The number of benzene rings is 1. The fraction of sp³-hybridized carbons (Fsp3) is 0.296. The summed E-state index contributed by atoms with van der Waals surface area (Å²) in [7, 11) is 0. The molecule has 0 spiro atoms. The first kappa shape index (κ1) is 30.2. The topological polar surface area (TPSA) is 143 Å². The number of halogens is 4. The van der Waals surface area contributed by atoms with Gasteiger partial charge in [-0.15, -0.1) is 5.10 Å². The second-order valence-electron chi connectivity index (χ2n) is 9.44. The van der Waals surface area contributed by atoms with Gasteiger partial charge in [0.1, 0.15) is 5.69 Å². The molecule has 1 saturated carbocycles. The molecule has 1 aliphatic rings. The maximum Gasteiger partial charge on any atom is 0.436 e. The van der Waals surface area contributed by atoms with Gasteiger partial charge in [0, 0.05) is 12.7 Å². The van der Waals surface area contributed by atoms with Gasteiger partial charge in [-0.05, 0) is 56.4 Å². The number of aromatic nitrogens is 5. The molecule has 0 radical (unpaired) electrons. The lowest BCUT2D eigenvalue weighted by Gasteiger charge is -2.15. The van der Waals surface area contributed by atoms with Crippen molar-refractivity contribution in [1.29, 1.82) is 5.26 Å². The minimum Gasteiger partial charge on any atom is -0.352 e. The van der Waals surface area contributed by atoms with Gasteiger partial charge in [0.2, 0.25) is 0 Å². The molecule has 218 valence electrons. The van der Waals surface area contributed by atoms with Crippen LogP contribution in [0.3, 0.4) is 0 Å². The molecule has 11 nitrogen and oxygen atoms in total. The molecule has 0 atom stereocenters. The Morgan fingerprint density at radius 1 is 1.29 bits per heavy atom. The van der Waals surface area contributed by atoms with Crippen molar-refractivity contribution < 1.29 is 22.8 Å². The van der Waals surface area contributed by atoms with Crippen LogP contribution in [0.5, 0.6) is 0 Å². The molecule has 0 unspecified atom stereocenters. The number of amides is 2. The Balaban J connectivity index is 1.74. The average molecular weight is 600 g/mol. The SMILES string of the molecule is C=CN=C(/C(Cl)=C\C)n1nc(Cn2cc(C(F)(F)F)nn2)cc1C(=O)Nc1c(C)cc(C#N)cc1C(=O)NCC1CC1. The van der Waals surface area contributed by atoms with Crippen LogP contribution in [0.1, 0.15) is 63.1 Å². The fourth-order valence-electron chi connectivity index (χ4n) is 3.96. The number of nitrogens with one attached hydrogen (secondary N) is 2. The highest BCUT2D eigenvalue weighted by Gasteiger charge is 2.34. The maximum atomic E-state index is 13.7. The summed E-state index contributed by atoms with van der Waals surface area (Å²) in [6.45, 7) is 7.04. The van der Waals surface area contributed by atoms with Crippen LogP contribution in [-0.4, -0.2) is 49.0 Å². The molecular formula is C27H25ClF3N9O2. The van der Waals surface area contributed by atoms with Gasteiger partial charge in [-0.2, -0.15) is 23.5 Å². The van der Waals surface area contributed by atoms with Crippen LogP contribution in [-0.2, 0) is 12.7 Å². The van der Waals surface area contributed by atoms with Crippen molar-refractivity contribution in [3.8, 4) is 6.07 Å². The number of anilines is 1. The molecule has 4 rings (SSSR count). The zero-order valence-corrected chi connectivity index (χ0v) is 23.3. The van der Waals surface area contributed by atoms with E-state index in [-0.39, 0.29) is 45.6 Å². The van der Waals surface area contributed by atoms with E-state index < -0.39 is 23.7 Å². The molecule has 2 N–H and O–H groups in total. The van der Waals surface area contributed by atoms with E-state index in [1.54, 1.807) is 13.8 Å². The molecule has 1 aliphatic carbocycles. The summed E-state index contributed by atoms with van der Waals surface area (Å²) >= 11 is 6.35. The van der Waals surface area contributed by atoms with Crippen molar-refractivity contribution >= 4 is 34.9 Å². The number of nitriles is 1. The van der Waals surface area contributed by atoms with Crippen molar-refractivity contribution in [1.82, 2.24) is 30.1 Å². The van der Waals surface area contributed by atoms with Crippen LogP contribution in [0.4, 0.5) is 18.9 Å². The molecule has 1 fully saturated rings. The number of hydrogen-bond donors (Lipinski definition) is 2. The Hall–Kier alpha value is -4.77. The highest BCUT2D eigenvalue weighted by atomic mass is 35.5. The van der Waals surface area contributed by atoms with Gasteiger partial charge in [0.15, 0.2) is 11.5 Å². The van der Waals surface area contributed by atoms with Crippen molar-refractivity contribution in [3.63, 3.8) is 0 Å². The summed E-state index contributed by atoms with van der Waals surface area (Å²) in [6.07, 6.45) is 0.750. The third-order valence-electron chi connectivity index (χ3n) is 6.22. The molecule has 15 heteroatoms. The molecule has 42 heavy (non-hydrogen) atoms. The molecule has 0 aliphatic heterocycles. The number of rotatable bonds is 9. The molecule has 2 heterocycles. The summed E-state index contributed by atoms with van der Waals surface area (Å²) in [4.78, 5) is 30.9. The highest BCUT2D eigenvalue weighted by Crippen LogP contribution is 2.29. The predicted octanol–water partition coefficient (Wildman–Crippen LogP) is 4.65. The molecule has 3 aromatic rings. The standard InChI is InChI=1S/C27H25ClF3N9O2/c1-4-20(28)24(33-5-2)40-21(10-18(37-40)13-39-14-22(36-38-39)27(29,30)31)26(42)35-23-15(3)8-17(11-32)9-19(23)25(41)34-12-16-6-7-16/h4-5,8-10,14,16H,2,6-7,12-13H2,1,3H3,(H,34,41)(H,35,42)/b20-4+,33-24?. The van der Waals surface area contributed by atoms with Crippen LogP contribution in [0.15, 0.2) is 53.3 Å². The predicted molar refractivity (Wildman–Crippen MR) is 148 cm³/mol. The minimum absolute atomic E-state index is 0.0130. The van der Waals surface area contributed by atoms with Gasteiger partial charge in [0.25, 0.3) is 11.8 Å². The van der Waals surface area contributed by atoms with Crippen LogP contribution < -0.4 is 10.6 Å². The normalized spacial score (nSPS) is 13.9. The van der Waals surface area contributed by atoms with Gasteiger partial charge in [-0.1, -0.05) is 29.5 Å². The molecule has 2 amide bonds. The molecule has 1 aromatic carbocycles. The number of nitrogens with zero attached hydrogens (tertiary/aromatic N) is 7. The Morgan fingerprint density at radius 3 is 2.62 bits per heavy atom. The zero-order valence-electron chi connectivity index (χ0n) is 22.5. The lowest BCUT2D eigenvalue weighted by Crippen LogP contribution is -2.28. The number of alkyl halides is 3. The summed E-state index contributed by atoms with van der Waals surface area (Å²) in [5, 5.41) is 26.1. The van der Waals surface area contributed by atoms with Crippen molar-refractivity contribution in [2.75, 3.05) is 11.9 Å². The van der Waals surface area contributed by atoms with Crippen molar-refractivity contribution in [2.24, 2.45) is 10.9 Å². The van der Waals surface area contributed by atoms with E-state index >= 15 is 0 Å². The molecule has 2 aromatic heterocycles. The van der Waals surface area contributed by atoms with E-state index in [1.807, 2.05) is 6.07 Å². The van der Waals surface area contributed by atoms with Crippen LogP contribution in [0.25, 0.3) is 0 Å². The first-order valence-electron chi connectivity index (χ1n) is 12.7. The second kappa shape index (κ2) is 12.4. The fourth-order valence-corrected chi connectivity index (χ4v) is 4.09. The molecule has 0 bridgehead atoms. The van der Waals surface area contributed by atoms with E-state index in [9.17, 15) is 28.0 Å². The van der Waals surface area contributed by atoms with Gasteiger partial charge >= 0.3 is 6.18 Å². The van der Waals surface area contributed by atoms with Crippen molar-refractivity contribution in [3.05, 3.63) is 82.1 Å². The van der Waals surface area contributed by atoms with E-state index in [1.165, 1.54) is 30.5 Å². The summed E-state index contributed by atoms with van der Waals surface area (Å²) in [6, 6.07) is 6.25. The minimum atomic E-state index is -4.69. The summed E-state index contributed by atoms with van der Waals surface area (Å²) in [5.74, 6) is -0.774. The third kappa shape index (κ3) is 6.92. The van der Waals surface area contributed by atoms with E-state index in [4.69, 9.17) is 11.6 Å². The second-order valence-corrected chi connectivity index (χ2v) is 9.85. The average Bonchev–Trinajstić information content (AvgIpc) is 3.49. The van der Waals surface area contributed by atoms with E-state index in [0.717, 1.165) is 22.2 Å². The van der Waals surface area contributed by atoms with Crippen LogP contribution in [0, 0.1) is 24.2 Å². The quantitative estimate of drug-likeness (QED) is 0.271. The highest BCUT2D eigenvalue weighted by molar-refractivity contribution is 6.43. The van der Waals surface area contributed by atoms with Crippen LogP contribution >= 0.6 is 11.6 Å². The Kier molecular flexibility index (Phi) is 8.91. The summed E-state index contributed by atoms with van der Waals surface area (Å²) in [5.41, 5.74) is -0.188. The number of carbonyl (C=O) groups is 2. The Morgan fingerprint density at radius 2 is 2.02 bits per heavy atom. The largest absolute Gasteiger partial charge is 0.436 e. The number of carbonyl (C=O) groups excluding carboxylic acids is 2. The lowest BCUT2D eigenvalue weighted by atomic mass is 10.0. The van der Waals surface area contributed by atoms with Crippen molar-refractivity contribution in [2.45, 2.75) is 39.4 Å². The van der Waals surface area contributed by atoms with Gasteiger partial charge < -0.3 is 10.6 Å². The van der Waals surface area contributed by atoms with Crippen LogP contribution in [0.2, 0.25) is 0 Å². The first-order valence-corrected chi connectivity index (χ1v) is 13.0. The first-order chi connectivity index (χ1) is 19.9. The maximum absolute atomic E-state index is 13.7. The number of allylic oxidation sites excluding steroid dienone is 2. The number of aliphatic imine (C=N–C) groups is 1. The van der Waals surface area contributed by atoms with Gasteiger partial charge in [0.05, 0.1) is 46.4 Å². The zero-order chi connectivity index (χ0) is 30.6. The third-order valence-corrected chi connectivity index (χ3v) is 6.61.